The average molecular weight is 265 g/mol. The van der Waals surface area contributed by atoms with Crippen molar-refractivity contribution in [1.29, 1.82) is 0 Å². The molecule has 1 amide bonds. The maximum atomic E-state index is 13.1. The van der Waals surface area contributed by atoms with Crippen molar-refractivity contribution < 1.29 is 19.1 Å². The van der Waals surface area contributed by atoms with Gasteiger partial charge < -0.3 is 10.4 Å². The van der Waals surface area contributed by atoms with E-state index in [-0.39, 0.29) is 17.0 Å². The molecule has 0 bridgehead atoms. The van der Waals surface area contributed by atoms with Crippen molar-refractivity contribution in [1.82, 2.24) is 5.32 Å². The van der Waals surface area contributed by atoms with Crippen molar-refractivity contribution in [2.24, 2.45) is 0 Å². The Morgan fingerprint density at radius 3 is 2.42 bits per heavy atom. The number of nitrogens with one attached hydrogen (secondary N) is 1. The van der Waals surface area contributed by atoms with Crippen LogP contribution in [-0.4, -0.2) is 17.0 Å². The molecule has 0 fully saturated rings. The number of halogens is 1. The molecule has 0 aromatic heterocycles. The summed E-state index contributed by atoms with van der Waals surface area (Å²) in [4.78, 5) is 22.6. The monoisotopic (exact) mass is 265 g/mol. The number of hydrogen-bond donors (Lipinski definition) is 2. The first-order chi connectivity index (χ1) is 8.82. The van der Waals surface area contributed by atoms with Gasteiger partial charge in [0.05, 0.1) is 6.04 Å². The Hall–Kier alpha value is -2.17. The van der Waals surface area contributed by atoms with Crippen molar-refractivity contribution in [3.05, 3.63) is 46.8 Å². The van der Waals surface area contributed by atoms with Crippen LogP contribution in [0.4, 0.5) is 4.39 Å². The lowest BCUT2D eigenvalue weighted by Crippen LogP contribution is -2.28. The number of hydrogen-bond acceptors (Lipinski definition) is 2. The van der Waals surface area contributed by atoms with Gasteiger partial charge in [0, 0.05) is 11.1 Å². The van der Waals surface area contributed by atoms with E-state index >= 15 is 0 Å². The van der Waals surface area contributed by atoms with Crippen LogP contribution in [0.1, 0.15) is 32.4 Å². The zero-order valence-corrected chi connectivity index (χ0v) is 11.0. The highest BCUT2D eigenvalue weighted by Gasteiger charge is 2.15. The number of aliphatic carboxylic acids is 1. The van der Waals surface area contributed by atoms with E-state index in [0.717, 1.165) is 0 Å². The van der Waals surface area contributed by atoms with Crippen molar-refractivity contribution >= 4 is 11.9 Å². The second kappa shape index (κ2) is 6.13. The first kappa shape index (κ1) is 14.9. The van der Waals surface area contributed by atoms with E-state index in [1.165, 1.54) is 26.0 Å². The molecule has 0 heterocycles. The summed E-state index contributed by atoms with van der Waals surface area (Å²) in [5, 5.41) is 11.4. The third kappa shape index (κ3) is 3.91. The molecular formula is C14H16FNO3. The van der Waals surface area contributed by atoms with Crippen LogP contribution in [0, 0.1) is 5.82 Å². The minimum absolute atomic E-state index is 0.0102. The number of carbonyl (C=O) groups excluding carboxylic acids is 1. The quantitative estimate of drug-likeness (QED) is 0.822. The average Bonchev–Trinajstić information content (AvgIpc) is 2.36. The van der Waals surface area contributed by atoms with Crippen molar-refractivity contribution in [2.75, 3.05) is 0 Å². The standard InChI is InChI=1S/C14H16FNO3/c1-8(9(2)14(18)19)13(17)16-10(3)11-5-4-6-12(15)7-11/h4-7,10H,1-3H3,(H,16,17)(H,18,19)/b9-8-/t10-/m0/s1. The zero-order chi connectivity index (χ0) is 14.6. The lowest BCUT2D eigenvalue weighted by Gasteiger charge is -2.15. The van der Waals surface area contributed by atoms with Gasteiger partial charge in [-0.25, -0.2) is 9.18 Å². The Labute approximate surface area is 110 Å². The van der Waals surface area contributed by atoms with Crippen molar-refractivity contribution in [2.45, 2.75) is 26.8 Å². The molecule has 0 saturated carbocycles. The molecule has 5 heteroatoms. The molecule has 2 N–H and O–H groups in total. The van der Waals surface area contributed by atoms with Gasteiger partial charge in [-0.2, -0.15) is 0 Å². The number of benzene rings is 1. The number of carboxylic acid groups (broad SMARTS) is 1. The molecule has 0 spiro atoms. The minimum atomic E-state index is -1.13. The van der Waals surface area contributed by atoms with Crippen LogP contribution in [0.3, 0.4) is 0 Å². The Kier molecular flexibility index (Phi) is 4.80. The molecule has 1 atom stereocenters. The van der Waals surface area contributed by atoms with E-state index in [4.69, 9.17) is 5.11 Å². The van der Waals surface area contributed by atoms with Crippen LogP contribution in [0.15, 0.2) is 35.4 Å². The molecular weight excluding hydrogens is 249 g/mol. The van der Waals surface area contributed by atoms with Gasteiger partial charge in [-0.1, -0.05) is 12.1 Å². The molecule has 1 aromatic carbocycles. The number of carboxylic acids is 1. The van der Waals surface area contributed by atoms with Gasteiger partial charge in [0.2, 0.25) is 5.91 Å². The molecule has 0 radical (unpaired) electrons. The van der Waals surface area contributed by atoms with E-state index in [2.05, 4.69) is 5.32 Å². The number of amides is 1. The minimum Gasteiger partial charge on any atom is -0.478 e. The summed E-state index contributed by atoms with van der Waals surface area (Å²) in [5.41, 5.74) is 0.744. The summed E-state index contributed by atoms with van der Waals surface area (Å²) in [7, 11) is 0. The zero-order valence-electron chi connectivity index (χ0n) is 11.0. The van der Waals surface area contributed by atoms with Gasteiger partial charge in [-0.3, -0.25) is 4.79 Å². The summed E-state index contributed by atoms with van der Waals surface area (Å²) in [6.07, 6.45) is 0. The molecule has 19 heavy (non-hydrogen) atoms. The summed E-state index contributed by atoms with van der Waals surface area (Å²) < 4.78 is 13.1. The molecule has 0 saturated heterocycles. The smallest absolute Gasteiger partial charge is 0.331 e. The van der Waals surface area contributed by atoms with Crippen LogP contribution >= 0.6 is 0 Å². The molecule has 102 valence electrons. The summed E-state index contributed by atoms with van der Waals surface area (Å²) >= 11 is 0. The first-order valence-electron chi connectivity index (χ1n) is 5.80. The Morgan fingerprint density at radius 1 is 1.26 bits per heavy atom. The Morgan fingerprint density at radius 2 is 1.89 bits per heavy atom. The van der Waals surface area contributed by atoms with Crippen LogP contribution in [-0.2, 0) is 9.59 Å². The van der Waals surface area contributed by atoms with Gasteiger partial charge in [0.15, 0.2) is 0 Å². The Bertz CT molecular complexity index is 537. The highest BCUT2D eigenvalue weighted by atomic mass is 19.1. The predicted molar refractivity (Wildman–Crippen MR) is 69.0 cm³/mol. The Balaban J connectivity index is 2.83. The van der Waals surface area contributed by atoms with E-state index in [9.17, 15) is 14.0 Å². The van der Waals surface area contributed by atoms with Crippen LogP contribution in [0.25, 0.3) is 0 Å². The third-order valence-electron chi connectivity index (χ3n) is 2.92. The molecule has 4 nitrogen and oxygen atoms in total. The maximum absolute atomic E-state index is 13.1. The second-order valence-electron chi connectivity index (χ2n) is 4.31. The van der Waals surface area contributed by atoms with Gasteiger partial charge in [0.1, 0.15) is 5.82 Å². The molecule has 0 aliphatic rings. The van der Waals surface area contributed by atoms with Gasteiger partial charge in [0.25, 0.3) is 0 Å². The molecule has 0 unspecified atom stereocenters. The van der Waals surface area contributed by atoms with Crippen LogP contribution in [0.2, 0.25) is 0 Å². The number of carbonyl (C=O) groups is 2. The fraction of sp³-hybridized carbons (Fsp3) is 0.286. The summed E-state index contributed by atoms with van der Waals surface area (Å²) in [6.45, 7) is 4.51. The molecule has 1 rings (SSSR count). The van der Waals surface area contributed by atoms with Gasteiger partial charge >= 0.3 is 5.97 Å². The second-order valence-corrected chi connectivity index (χ2v) is 4.31. The third-order valence-corrected chi connectivity index (χ3v) is 2.92. The fourth-order valence-corrected chi connectivity index (χ4v) is 1.49. The molecule has 1 aromatic rings. The summed E-state index contributed by atoms with van der Waals surface area (Å²) in [6, 6.07) is 5.49. The fourth-order valence-electron chi connectivity index (χ4n) is 1.49. The lowest BCUT2D eigenvalue weighted by atomic mass is 10.1. The van der Waals surface area contributed by atoms with E-state index in [1.54, 1.807) is 19.1 Å². The highest BCUT2D eigenvalue weighted by Crippen LogP contribution is 2.14. The first-order valence-corrected chi connectivity index (χ1v) is 5.80. The van der Waals surface area contributed by atoms with Gasteiger partial charge in [-0.05, 0) is 38.5 Å². The molecule has 0 aliphatic heterocycles. The van der Waals surface area contributed by atoms with E-state index < -0.39 is 17.9 Å². The predicted octanol–water partition coefficient (Wildman–Crippen LogP) is 2.42. The largest absolute Gasteiger partial charge is 0.478 e. The van der Waals surface area contributed by atoms with Crippen molar-refractivity contribution in [3.8, 4) is 0 Å². The SMILES string of the molecule is C/C(C(=O)O)=C(\C)C(=O)N[C@@H](C)c1cccc(F)c1. The summed E-state index contributed by atoms with van der Waals surface area (Å²) in [5.74, 6) is -1.99. The lowest BCUT2D eigenvalue weighted by molar-refractivity contribution is -0.133. The topological polar surface area (TPSA) is 66.4 Å². The van der Waals surface area contributed by atoms with Crippen LogP contribution in [0.5, 0.6) is 0 Å². The molecule has 0 aliphatic carbocycles. The van der Waals surface area contributed by atoms with E-state index in [0.29, 0.717) is 5.56 Å². The number of rotatable bonds is 4. The highest BCUT2D eigenvalue weighted by molar-refractivity contribution is 6.01. The van der Waals surface area contributed by atoms with Gasteiger partial charge in [-0.15, -0.1) is 0 Å². The van der Waals surface area contributed by atoms with Crippen molar-refractivity contribution in [3.63, 3.8) is 0 Å². The van der Waals surface area contributed by atoms with Crippen LogP contribution < -0.4 is 5.32 Å². The normalized spacial score (nSPS) is 13.5. The van der Waals surface area contributed by atoms with E-state index in [1.807, 2.05) is 0 Å². The maximum Gasteiger partial charge on any atom is 0.331 e.